The molecule has 0 atom stereocenters. The van der Waals surface area contributed by atoms with Crippen LogP contribution in [0.2, 0.25) is 0 Å². The van der Waals surface area contributed by atoms with Gasteiger partial charge in [-0.3, -0.25) is 25.7 Å². The summed E-state index contributed by atoms with van der Waals surface area (Å²) >= 11 is 1.18. The van der Waals surface area contributed by atoms with Crippen LogP contribution in [-0.4, -0.2) is 29.1 Å². The minimum absolute atomic E-state index is 0.0880. The summed E-state index contributed by atoms with van der Waals surface area (Å²) in [4.78, 5) is 32.6. The van der Waals surface area contributed by atoms with Crippen LogP contribution in [0.3, 0.4) is 0 Å². The lowest BCUT2D eigenvalue weighted by atomic mass is 10.1. The van der Waals surface area contributed by atoms with E-state index in [0.29, 0.717) is 10.4 Å². The molecule has 0 aliphatic heterocycles. The van der Waals surface area contributed by atoms with Crippen molar-refractivity contribution in [1.29, 1.82) is 0 Å². The van der Waals surface area contributed by atoms with Crippen molar-refractivity contribution in [2.75, 3.05) is 12.5 Å². The van der Waals surface area contributed by atoms with Gasteiger partial charge >= 0.3 is 23.5 Å². The monoisotopic (exact) mass is 510 g/mol. The maximum atomic E-state index is 13.0. The number of carbonyl (C=O) groups excluding carboxylic acids is 1. The highest BCUT2D eigenvalue weighted by atomic mass is 32.1. The first kappa shape index (κ1) is 25.1. The fraction of sp³-hybridized carbons (Fsp3) is 0.100. The number of hydrazone groups is 1. The Hall–Kier alpha value is -4.53. The van der Waals surface area contributed by atoms with Gasteiger partial charge in [0, 0.05) is 12.1 Å². The third-order valence-corrected chi connectivity index (χ3v) is 5.17. The summed E-state index contributed by atoms with van der Waals surface area (Å²) in [5.41, 5.74) is -2.38. The number of anilines is 1. The van der Waals surface area contributed by atoms with Crippen molar-refractivity contribution in [2.24, 2.45) is 5.10 Å². The third-order valence-electron chi connectivity index (χ3n) is 4.32. The first-order valence-corrected chi connectivity index (χ1v) is 10.2. The number of methoxy groups -OCH3 is 1. The number of ether oxygens (including phenoxy) is 2. The number of benzene rings is 2. The summed E-state index contributed by atoms with van der Waals surface area (Å²) in [5, 5.41) is 27.9. The van der Waals surface area contributed by atoms with Gasteiger partial charge in [-0.2, -0.15) is 18.3 Å². The van der Waals surface area contributed by atoms with Crippen LogP contribution in [0.1, 0.15) is 20.8 Å². The zero-order valence-corrected chi connectivity index (χ0v) is 18.3. The van der Waals surface area contributed by atoms with E-state index in [-0.39, 0.29) is 23.6 Å². The molecule has 1 N–H and O–H groups in total. The number of nitro benzene ring substituents is 2. The van der Waals surface area contributed by atoms with Crippen molar-refractivity contribution in [3.63, 3.8) is 0 Å². The van der Waals surface area contributed by atoms with Gasteiger partial charge in [0.25, 0.3) is 0 Å². The summed E-state index contributed by atoms with van der Waals surface area (Å²) in [6.07, 6.45) is -3.96. The molecule has 15 heteroatoms. The van der Waals surface area contributed by atoms with Crippen LogP contribution in [0, 0.1) is 20.2 Å². The number of rotatable bonds is 8. The second-order valence-corrected chi connectivity index (χ2v) is 7.50. The minimum atomic E-state index is -5.04. The van der Waals surface area contributed by atoms with Crippen molar-refractivity contribution < 1.29 is 37.3 Å². The Morgan fingerprint density at radius 1 is 1.09 bits per heavy atom. The summed E-state index contributed by atoms with van der Waals surface area (Å²) in [6.45, 7) is 0. The molecule has 0 saturated carbocycles. The van der Waals surface area contributed by atoms with E-state index < -0.39 is 44.6 Å². The van der Waals surface area contributed by atoms with Gasteiger partial charge in [0.1, 0.15) is 4.88 Å². The van der Waals surface area contributed by atoms with Crippen LogP contribution >= 0.6 is 11.3 Å². The van der Waals surface area contributed by atoms with Gasteiger partial charge in [-0.25, -0.2) is 4.79 Å². The van der Waals surface area contributed by atoms with Crippen LogP contribution in [0.5, 0.6) is 11.5 Å². The number of nitrogens with one attached hydrogen (secondary N) is 1. The van der Waals surface area contributed by atoms with E-state index >= 15 is 0 Å². The summed E-state index contributed by atoms with van der Waals surface area (Å²) < 4.78 is 49.5. The molecule has 0 spiro atoms. The van der Waals surface area contributed by atoms with Gasteiger partial charge in [-0.1, -0.05) is 6.07 Å². The normalized spacial score (nSPS) is 11.3. The van der Waals surface area contributed by atoms with Gasteiger partial charge in [0.2, 0.25) is 5.69 Å². The minimum Gasteiger partial charge on any atom is -0.493 e. The Kier molecular flexibility index (Phi) is 7.29. The number of hydrogen-bond acceptors (Lipinski definition) is 10. The Labute approximate surface area is 197 Å². The molecule has 35 heavy (non-hydrogen) atoms. The Morgan fingerprint density at radius 3 is 2.26 bits per heavy atom. The summed E-state index contributed by atoms with van der Waals surface area (Å²) in [7, 11) is 1.31. The Balaban J connectivity index is 1.87. The third kappa shape index (κ3) is 5.89. The number of thiophene rings is 1. The first-order chi connectivity index (χ1) is 16.5. The SMILES string of the molecule is COc1cc(/C=N/Nc2c([N+](=O)[O-])cc(C(F)(F)F)cc2[N+](=O)[O-])ccc1OC(=O)c1cccs1. The molecule has 0 aliphatic rings. The van der Waals surface area contributed by atoms with Crippen LogP contribution in [0.15, 0.2) is 52.9 Å². The number of carbonyl (C=O) groups is 1. The average Bonchev–Trinajstić information content (AvgIpc) is 3.34. The lowest BCUT2D eigenvalue weighted by Gasteiger charge is -2.10. The van der Waals surface area contributed by atoms with Gasteiger partial charge in [-0.15, -0.1) is 11.3 Å². The molecule has 1 aromatic heterocycles. The quantitative estimate of drug-likeness (QED) is 0.142. The second-order valence-electron chi connectivity index (χ2n) is 6.55. The van der Waals surface area contributed by atoms with Crippen molar-refractivity contribution >= 4 is 40.6 Å². The van der Waals surface area contributed by atoms with E-state index in [0.717, 1.165) is 6.21 Å². The first-order valence-electron chi connectivity index (χ1n) is 9.28. The molecule has 3 aromatic rings. The molecule has 0 amide bonds. The van der Waals surface area contributed by atoms with Gasteiger partial charge in [-0.05, 0) is 35.2 Å². The second kappa shape index (κ2) is 10.2. The van der Waals surface area contributed by atoms with Crippen LogP contribution in [0.25, 0.3) is 0 Å². The highest BCUT2D eigenvalue weighted by Gasteiger charge is 2.37. The van der Waals surface area contributed by atoms with Crippen molar-refractivity contribution in [3.05, 3.63) is 84.1 Å². The molecule has 0 aliphatic carbocycles. The molecule has 2 aromatic carbocycles. The van der Waals surface area contributed by atoms with Crippen molar-refractivity contribution in [3.8, 4) is 11.5 Å². The van der Waals surface area contributed by atoms with Gasteiger partial charge in [0.05, 0.1) is 28.7 Å². The molecular formula is C20H13F3N4O7S. The number of halogens is 3. The molecular weight excluding hydrogens is 497 g/mol. The molecule has 0 radical (unpaired) electrons. The largest absolute Gasteiger partial charge is 0.493 e. The highest BCUT2D eigenvalue weighted by Crippen LogP contribution is 2.41. The average molecular weight is 510 g/mol. The van der Waals surface area contributed by atoms with Crippen molar-refractivity contribution in [2.45, 2.75) is 6.18 Å². The smallest absolute Gasteiger partial charge is 0.416 e. The zero-order chi connectivity index (χ0) is 25.8. The Morgan fingerprint density at radius 2 is 1.74 bits per heavy atom. The van der Waals surface area contributed by atoms with Crippen molar-refractivity contribution in [1.82, 2.24) is 0 Å². The fourth-order valence-electron chi connectivity index (χ4n) is 2.74. The zero-order valence-electron chi connectivity index (χ0n) is 17.4. The van der Waals surface area contributed by atoms with E-state index in [1.807, 2.05) is 0 Å². The predicted molar refractivity (Wildman–Crippen MR) is 118 cm³/mol. The molecule has 1 heterocycles. The topological polar surface area (TPSA) is 146 Å². The molecule has 182 valence electrons. The summed E-state index contributed by atoms with van der Waals surface area (Å²) in [6, 6.07) is 7.80. The molecule has 0 unspecified atom stereocenters. The van der Waals surface area contributed by atoms with Gasteiger partial charge < -0.3 is 9.47 Å². The van der Waals surface area contributed by atoms with E-state index in [9.17, 15) is 38.2 Å². The number of esters is 1. The van der Waals surface area contributed by atoms with E-state index in [1.54, 1.807) is 17.5 Å². The number of nitro groups is 2. The molecule has 0 saturated heterocycles. The number of nitrogens with zero attached hydrogens (tertiary/aromatic N) is 3. The molecule has 0 fully saturated rings. The van der Waals surface area contributed by atoms with E-state index in [2.05, 4.69) is 10.5 Å². The maximum Gasteiger partial charge on any atom is 0.416 e. The summed E-state index contributed by atoms with van der Waals surface area (Å²) in [5.74, 6) is -0.390. The number of alkyl halides is 3. The standard InChI is InChI=1S/C20H13F3N4O7S/c1-33-16-7-11(4-5-15(16)34-19(28)17-3-2-6-35-17)10-24-25-18-13(26(29)30)8-12(20(21,22)23)9-14(18)27(31)32/h2-10,25H,1H3/b24-10+. The maximum absolute atomic E-state index is 13.0. The highest BCUT2D eigenvalue weighted by molar-refractivity contribution is 7.12. The molecule has 0 bridgehead atoms. The van der Waals surface area contributed by atoms with Crippen LogP contribution in [0.4, 0.5) is 30.2 Å². The van der Waals surface area contributed by atoms with Crippen LogP contribution in [-0.2, 0) is 6.18 Å². The Bertz CT molecular complexity index is 1280. The van der Waals surface area contributed by atoms with Gasteiger partial charge in [0.15, 0.2) is 11.5 Å². The van der Waals surface area contributed by atoms with E-state index in [1.165, 1.54) is 36.6 Å². The fourth-order valence-corrected chi connectivity index (χ4v) is 3.34. The number of hydrogen-bond donors (Lipinski definition) is 1. The molecule has 3 rings (SSSR count). The lowest BCUT2D eigenvalue weighted by molar-refractivity contribution is -0.392. The lowest BCUT2D eigenvalue weighted by Crippen LogP contribution is -2.09. The molecule has 11 nitrogen and oxygen atoms in total. The van der Waals surface area contributed by atoms with Crippen LogP contribution < -0.4 is 14.9 Å². The predicted octanol–water partition coefficient (Wildman–Crippen LogP) is 5.26. The van der Waals surface area contributed by atoms with E-state index in [4.69, 9.17) is 9.47 Å².